The molecule has 0 bridgehead atoms. The summed E-state index contributed by atoms with van der Waals surface area (Å²) in [4.78, 5) is 9.50. The summed E-state index contributed by atoms with van der Waals surface area (Å²) in [6.07, 6.45) is 4.39. The fraction of sp³-hybridized carbons (Fsp3) is 0.750. The molecule has 2 rings (SSSR count). The van der Waals surface area contributed by atoms with Crippen LogP contribution in [0.5, 0.6) is 0 Å². The van der Waals surface area contributed by atoms with Gasteiger partial charge in [-0.15, -0.1) is 0 Å². The maximum Gasteiger partial charge on any atom is 0.162 e. The van der Waals surface area contributed by atoms with Crippen molar-refractivity contribution in [2.75, 3.05) is 19.0 Å². The van der Waals surface area contributed by atoms with Crippen molar-refractivity contribution in [2.45, 2.75) is 59.0 Å². The smallest absolute Gasteiger partial charge is 0.162 e. The third-order valence-electron chi connectivity index (χ3n) is 4.61. The van der Waals surface area contributed by atoms with Gasteiger partial charge in [-0.2, -0.15) is 0 Å². The zero-order chi connectivity index (χ0) is 14.8. The van der Waals surface area contributed by atoms with Crippen LogP contribution in [0.3, 0.4) is 0 Å². The van der Waals surface area contributed by atoms with Crippen LogP contribution in [0.2, 0.25) is 0 Å². The molecular formula is C16H27N3O. The Kier molecular flexibility index (Phi) is 4.63. The lowest BCUT2D eigenvalue weighted by atomic mass is 9.79. The summed E-state index contributed by atoms with van der Waals surface area (Å²) in [5, 5.41) is 3.34. The largest absolute Gasteiger partial charge is 0.370 e. The first kappa shape index (κ1) is 15.2. The quantitative estimate of drug-likeness (QED) is 0.914. The van der Waals surface area contributed by atoms with Gasteiger partial charge < -0.3 is 10.1 Å². The number of rotatable bonds is 4. The highest BCUT2D eigenvalue weighted by atomic mass is 16.5. The van der Waals surface area contributed by atoms with E-state index >= 15 is 0 Å². The lowest BCUT2D eigenvalue weighted by Gasteiger charge is -2.37. The summed E-state index contributed by atoms with van der Waals surface area (Å²) in [6.45, 7) is 9.39. The number of hydrogen-bond acceptors (Lipinski definition) is 4. The van der Waals surface area contributed by atoms with Crippen molar-refractivity contribution in [1.29, 1.82) is 0 Å². The molecule has 1 saturated carbocycles. The lowest BCUT2D eigenvalue weighted by molar-refractivity contribution is -0.0597. The summed E-state index contributed by atoms with van der Waals surface area (Å²) in [7, 11) is 1.79. The average molecular weight is 277 g/mol. The van der Waals surface area contributed by atoms with Crippen LogP contribution in [-0.4, -0.2) is 23.6 Å². The van der Waals surface area contributed by atoms with Gasteiger partial charge in [-0.1, -0.05) is 6.92 Å². The van der Waals surface area contributed by atoms with Crippen molar-refractivity contribution in [3.8, 4) is 0 Å². The van der Waals surface area contributed by atoms with Gasteiger partial charge >= 0.3 is 0 Å². The maximum absolute atomic E-state index is 5.89. The van der Waals surface area contributed by atoms with E-state index in [1.807, 2.05) is 0 Å². The fourth-order valence-corrected chi connectivity index (χ4v) is 2.92. The van der Waals surface area contributed by atoms with E-state index in [0.717, 1.165) is 48.2 Å². The zero-order valence-electron chi connectivity index (χ0n) is 13.4. The Labute approximate surface area is 122 Å². The van der Waals surface area contributed by atoms with Gasteiger partial charge in [0.25, 0.3) is 0 Å². The Morgan fingerprint density at radius 1 is 1.25 bits per heavy atom. The molecule has 0 saturated heterocycles. The molecule has 0 amide bonds. The topological polar surface area (TPSA) is 47.0 Å². The minimum atomic E-state index is -0.296. The highest BCUT2D eigenvalue weighted by Crippen LogP contribution is 2.41. The van der Waals surface area contributed by atoms with Gasteiger partial charge in [-0.05, 0) is 52.4 Å². The van der Waals surface area contributed by atoms with Crippen LogP contribution in [0.25, 0.3) is 0 Å². The fourth-order valence-electron chi connectivity index (χ4n) is 2.92. The Morgan fingerprint density at radius 2 is 1.90 bits per heavy atom. The molecule has 1 aromatic rings. The highest BCUT2D eigenvalue weighted by molar-refractivity contribution is 5.45. The minimum Gasteiger partial charge on any atom is -0.370 e. The van der Waals surface area contributed by atoms with E-state index in [1.165, 1.54) is 12.8 Å². The van der Waals surface area contributed by atoms with Crippen molar-refractivity contribution in [3.05, 3.63) is 17.1 Å². The van der Waals surface area contributed by atoms with Crippen LogP contribution in [-0.2, 0) is 10.3 Å². The van der Waals surface area contributed by atoms with Gasteiger partial charge in [-0.3, -0.25) is 0 Å². The van der Waals surface area contributed by atoms with Crippen molar-refractivity contribution in [2.24, 2.45) is 5.92 Å². The van der Waals surface area contributed by atoms with Crippen molar-refractivity contribution in [1.82, 2.24) is 9.97 Å². The van der Waals surface area contributed by atoms with E-state index in [0.29, 0.717) is 0 Å². The van der Waals surface area contributed by atoms with Gasteiger partial charge in [0, 0.05) is 24.9 Å². The van der Waals surface area contributed by atoms with Crippen molar-refractivity contribution < 1.29 is 4.74 Å². The van der Waals surface area contributed by atoms with E-state index in [-0.39, 0.29) is 5.60 Å². The van der Waals surface area contributed by atoms with Crippen LogP contribution in [0, 0.1) is 19.8 Å². The molecule has 0 aromatic carbocycles. The SMILES string of the molecule is CCNc1nc(C2(OC)CCC(C)CC2)nc(C)c1C. The molecule has 0 aliphatic heterocycles. The van der Waals surface area contributed by atoms with Crippen LogP contribution in [0.15, 0.2) is 0 Å². The number of methoxy groups -OCH3 is 1. The normalized spacial score (nSPS) is 26.6. The number of nitrogens with one attached hydrogen (secondary N) is 1. The number of ether oxygens (including phenoxy) is 1. The molecule has 1 heterocycles. The molecular weight excluding hydrogens is 250 g/mol. The predicted octanol–water partition coefficient (Wildman–Crippen LogP) is 3.58. The van der Waals surface area contributed by atoms with Crippen LogP contribution in [0.4, 0.5) is 5.82 Å². The predicted molar refractivity (Wildman–Crippen MR) is 82.0 cm³/mol. The molecule has 112 valence electrons. The molecule has 4 nitrogen and oxygen atoms in total. The van der Waals surface area contributed by atoms with Crippen molar-refractivity contribution >= 4 is 5.82 Å². The Morgan fingerprint density at radius 3 is 2.45 bits per heavy atom. The van der Waals surface area contributed by atoms with Gasteiger partial charge in [-0.25, -0.2) is 9.97 Å². The van der Waals surface area contributed by atoms with Crippen molar-refractivity contribution in [3.63, 3.8) is 0 Å². The second kappa shape index (κ2) is 6.08. The molecule has 0 unspecified atom stereocenters. The second-order valence-corrected chi connectivity index (χ2v) is 6.02. The summed E-state index contributed by atoms with van der Waals surface area (Å²) in [5.74, 6) is 2.58. The Balaban J connectivity index is 2.39. The first-order chi connectivity index (χ1) is 9.52. The average Bonchev–Trinajstić information content (AvgIpc) is 2.45. The summed E-state index contributed by atoms with van der Waals surface area (Å²) >= 11 is 0. The molecule has 1 N–H and O–H groups in total. The lowest BCUT2D eigenvalue weighted by Crippen LogP contribution is -2.35. The second-order valence-electron chi connectivity index (χ2n) is 6.02. The first-order valence-electron chi connectivity index (χ1n) is 7.67. The first-order valence-corrected chi connectivity index (χ1v) is 7.67. The van der Waals surface area contributed by atoms with Crippen LogP contribution < -0.4 is 5.32 Å². The minimum absolute atomic E-state index is 0.296. The maximum atomic E-state index is 5.89. The molecule has 0 atom stereocenters. The summed E-state index contributed by atoms with van der Waals surface area (Å²) in [6, 6.07) is 0. The van der Waals surface area contributed by atoms with Crippen LogP contribution >= 0.6 is 0 Å². The molecule has 1 aliphatic carbocycles. The number of aryl methyl sites for hydroxylation is 1. The molecule has 0 spiro atoms. The molecule has 1 aliphatic rings. The summed E-state index contributed by atoms with van der Waals surface area (Å²) < 4.78 is 5.89. The van der Waals surface area contributed by atoms with E-state index in [2.05, 4.69) is 33.0 Å². The van der Waals surface area contributed by atoms with Gasteiger partial charge in [0.2, 0.25) is 0 Å². The molecule has 20 heavy (non-hydrogen) atoms. The number of nitrogens with zero attached hydrogens (tertiary/aromatic N) is 2. The van der Waals surface area contributed by atoms with Crippen LogP contribution in [0.1, 0.15) is 56.6 Å². The standard InChI is InChI=1S/C16H27N3O/c1-6-17-14-12(3)13(4)18-15(19-14)16(20-5)9-7-11(2)8-10-16/h11H,6-10H2,1-5H3,(H,17,18,19). The summed E-state index contributed by atoms with van der Waals surface area (Å²) in [5.41, 5.74) is 1.88. The van der Waals surface area contributed by atoms with E-state index in [9.17, 15) is 0 Å². The Bertz CT molecular complexity index is 465. The third-order valence-corrected chi connectivity index (χ3v) is 4.61. The van der Waals surface area contributed by atoms with Gasteiger partial charge in [0.05, 0.1) is 0 Å². The number of hydrogen-bond donors (Lipinski definition) is 1. The van der Waals surface area contributed by atoms with Gasteiger partial charge in [0.15, 0.2) is 5.82 Å². The third kappa shape index (κ3) is 2.80. The van der Waals surface area contributed by atoms with E-state index in [1.54, 1.807) is 7.11 Å². The monoisotopic (exact) mass is 277 g/mol. The molecule has 1 aromatic heterocycles. The van der Waals surface area contributed by atoms with E-state index in [4.69, 9.17) is 14.7 Å². The highest BCUT2D eigenvalue weighted by Gasteiger charge is 2.39. The number of anilines is 1. The molecule has 4 heteroatoms. The Hall–Kier alpha value is -1.16. The van der Waals surface area contributed by atoms with E-state index < -0.39 is 0 Å². The molecule has 1 fully saturated rings. The van der Waals surface area contributed by atoms with Gasteiger partial charge in [0.1, 0.15) is 11.4 Å². The molecule has 0 radical (unpaired) electrons. The zero-order valence-corrected chi connectivity index (χ0v) is 13.4. The number of aromatic nitrogens is 2.